The third-order valence-corrected chi connectivity index (χ3v) is 4.81. The molecule has 0 radical (unpaired) electrons. The number of non-ortho nitro benzene ring substituents is 1. The highest BCUT2D eigenvalue weighted by molar-refractivity contribution is 6.06. The lowest BCUT2D eigenvalue weighted by Gasteiger charge is -2.16. The van der Waals surface area contributed by atoms with E-state index in [0.717, 1.165) is 27.6 Å². The van der Waals surface area contributed by atoms with Crippen LogP contribution in [0.5, 0.6) is 5.75 Å². The van der Waals surface area contributed by atoms with Crippen LogP contribution in [-0.4, -0.2) is 24.0 Å². The Labute approximate surface area is 171 Å². The van der Waals surface area contributed by atoms with Crippen molar-refractivity contribution >= 4 is 44.9 Å². The molecule has 0 spiro atoms. The maximum atomic E-state index is 12.6. The topological polar surface area (TPSA) is 107 Å². The summed E-state index contributed by atoms with van der Waals surface area (Å²) in [4.78, 5) is 23.0. The third-order valence-electron chi connectivity index (χ3n) is 4.81. The fourth-order valence-corrected chi connectivity index (χ4v) is 3.27. The van der Waals surface area contributed by atoms with Gasteiger partial charge in [-0.25, -0.2) is 0 Å². The van der Waals surface area contributed by atoms with Crippen LogP contribution in [0.15, 0.2) is 65.1 Å². The Bertz CT molecular complexity index is 1260. The minimum Gasteiger partial charge on any atom is -0.494 e. The maximum Gasteiger partial charge on any atom is 0.273 e. The van der Waals surface area contributed by atoms with Crippen molar-refractivity contribution in [2.75, 3.05) is 17.7 Å². The lowest BCUT2D eigenvalue weighted by atomic mass is 10.1. The minimum atomic E-state index is -0.569. The van der Waals surface area contributed by atoms with Crippen molar-refractivity contribution in [3.05, 3.63) is 70.8 Å². The van der Waals surface area contributed by atoms with Crippen molar-refractivity contribution in [1.29, 1.82) is 0 Å². The number of carbonyl (C=O) groups excluding carboxylic acids is 1. The van der Waals surface area contributed by atoms with E-state index in [9.17, 15) is 14.9 Å². The number of fused-ring (bicyclic) bond motifs is 3. The van der Waals surface area contributed by atoms with Gasteiger partial charge in [-0.1, -0.05) is 18.2 Å². The van der Waals surface area contributed by atoms with E-state index in [1.165, 1.54) is 25.3 Å². The molecule has 2 N–H and O–H groups in total. The number of furan rings is 1. The summed E-state index contributed by atoms with van der Waals surface area (Å²) in [5.74, 6) is -0.0876. The number of carbonyl (C=O) groups is 1. The van der Waals surface area contributed by atoms with E-state index in [-0.39, 0.29) is 17.3 Å². The SMILES string of the molecule is COc1cc([N+](=O)[O-])ccc1NC(=O)[C@H](C)Nc1ccc2oc3ccccc3c2c1. The largest absolute Gasteiger partial charge is 0.494 e. The molecule has 4 rings (SSSR count). The van der Waals surface area contributed by atoms with Gasteiger partial charge < -0.3 is 19.8 Å². The van der Waals surface area contributed by atoms with E-state index < -0.39 is 11.0 Å². The molecule has 1 aromatic heterocycles. The normalized spacial score (nSPS) is 11.9. The van der Waals surface area contributed by atoms with Crippen LogP contribution < -0.4 is 15.4 Å². The second-order valence-electron chi connectivity index (χ2n) is 6.81. The fraction of sp³-hybridized carbons (Fsp3) is 0.136. The molecule has 0 aliphatic carbocycles. The van der Waals surface area contributed by atoms with Crippen LogP contribution in [0.2, 0.25) is 0 Å². The first kappa shape index (κ1) is 19.3. The predicted octanol–water partition coefficient (Wildman–Crippen LogP) is 4.94. The molecule has 8 heteroatoms. The van der Waals surface area contributed by atoms with E-state index in [0.29, 0.717) is 5.69 Å². The predicted molar refractivity (Wildman–Crippen MR) is 115 cm³/mol. The highest BCUT2D eigenvalue weighted by Gasteiger charge is 2.18. The Balaban J connectivity index is 1.52. The smallest absolute Gasteiger partial charge is 0.273 e. The summed E-state index contributed by atoms with van der Waals surface area (Å²) in [7, 11) is 1.39. The van der Waals surface area contributed by atoms with E-state index in [4.69, 9.17) is 9.15 Å². The summed E-state index contributed by atoms with van der Waals surface area (Å²) in [6, 6.07) is 16.9. The Morgan fingerprint density at radius 1 is 1.07 bits per heavy atom. The van der Waals surface area contributed by atoms with Crippen molar-refractivity contribution in [1.82, 2.24) is 0 Å². The second-order valence-corrected chi connectivity index (χ2v) is 6.81. The van der Waals surface area contributed by atoms with Gasteiger partial charge in [-0.05, 0) is 37.3 Å². The molecule has 3 aromatic carbocycles. The van der Waals surface area contributed by atoms with Gasteiger partial charge >= 0.3 is 0 Å². The number of ether oxygens (including phenoxy) is 1. The third kappa shape index (κ3) is 3.62. The molecule has 0 aliphatic rings. The fourth-order valence-electron chi connectivity index (χ4n) is 3.27. The zero-order valence-electron chi connectivity index (χ0n) is 16.3. The summed E-state index contributed by atoms with van der Waals surface area (Å²) >= 11 is 0. The van der Waals surface area contributed by atoms with Gasteiger partial charge in [0.05, 0.1) is 23.8 Å². The molecule has 8 nitrogen and oxygen atoms in total. The number of nitrogens with zero attached hydrogens (tertiary/aromatic N) is 1. The van der Waals surface area contributed by atoms with Gasteiger partial charge in [0.2, 0.25) is 5.91 Å². The van der Waals surface area contributed by atoms with Gasteiger partial charge in [0.25, 0.3) is 5.69 Å². The summed E-state index contributed by atoms with van der Waals surface area (Å²) in [5, 5.41) is 18.8. The average Bonchev–Trinajstić information content (AvgIpc) is 3.11. The van der Waals surface area contributed by atoms with E-state index in [1.54, 1.807) is 6.92 Å². The van der Waals surface area contributed by atoms with Crippen LogP contribution in [0, 0.1) is 10.1 Å². The Hall–Kier alpha value is -4.07. The molecule has 1 heterocycles. The molecule has 1 amide bonds. The van der Waals surface area contributed by atoms with Crippen molar-refractivity contribution in [3.63, 3.8) is 0 Å². The van der Waals surface area contributed by atoms with Gasteiger partial charge in [-0.15, -0.1) is 0 Å². The highest BCUT2D eigenvalue weighted by Crippen LogP contribution is 2.31. The molecule has 0 unspecified atom stereocenters. The lowest BCUT2D eigenvalue weighted by Crippen LogP contribution is -2.32. The summed E-state index contributed by atoms with van der Waals surface area (Å²) in [5.41, 5.74) is 2.59. The lowest BCUT2D eigenvalue weighted by molar-refractivity contribution is -0.384. The number of hydrogen-bond donors (Lipinski definition) is 2. The first-order valence-corrected chi connectivity index (χ1v) is 9.27. The molecule has 0 bridgehead atoms. The summed E-state index contributed by atoms with van der Waals surface area (Å²) < 4.78 is 11.0. The monoisotopic (exact) mass is 405 g/mol. The number of rotatable bonds is 6. The number of benzene rings is 3. The van der Waals surface area contributed by atoms with E-state index in [1.807, 2.05) is 42.5 Å². The van der Waals surface area contributed by atoms with Crippen LogP contribution in [0.1, 0.15) is 6.92 Å². The first-order chi connectivity index (χ1) is 14.5. The highest BCUT2D eigenvalue weighted by atomic mass is 16.6. The number of anilines is 2. The summed E-state index contributed by atoms with van der Waals surface area (Å²) in [6.07, 6.45) is 0. The van der Waals surface area contributed by atoms with Crippen LogP contribution >= 0.6 is 0 Å². The summed E-state index contributed by atoms with van der Waals surface area (Å²) in [6.45, 7) is 1.73. The van der Waals surface area contributed by atoms with Crippen molar-refractivity contribution in [3.8, 4) is 5.75 Å². The number of para-hydroxylation sites is 1. The zero-order valence-corrected chi connectivity index (χ0v) is 16.3. The van der Waals surface area contributed by atoms with E-state index >= 15 is 0 Å². The van der Waals surface area contributed by atoms with E-state index in [2.05, 4.69) is 10.6 Å². The molecule has 30 heavy (non-hydrogen) atoms. The van der Waals surface area contributed by atoms with Crippen molar-refractivity contribution in [2.24, 2.45) is 0 Å². The van der Waals surface area contributed by atoms with Crippen LogP contribution in [0.4, 0.5) is 17.1 Å². The van der Waals surface area contributed by atoms with Crippen LogP contribution in [-0.2, 0) is 4.79 Å². The second kappa shape index (κ2) is 7.75. The Morgan fingerprint density at radius 2 is 1.83 bits per heavy atom. The number of hydrogen-bond acceptors (Lipinski definition) is 6. The number of nitrogens with one attached hydrogen (secondary N) is 2. The number of methoxy groups -OCH3 is 1. The van der Waals surface area contributed by atoms with Crippen LogP contribution in [0.3, 0.4) is 0 Å². The molecule has 0 fully saturated rings. The number of nitro groups is 1. The number of nitro benzene ring substituents is 1. The first-order valence-electron chi connectivity index (χ1n) is 9.27. The minimum absolute atomic E-state index is 0.114. The van der Waals surface area contributed by atoms with Crippen molar-refractivity contribution < 1.29 is 18.9 Å². The van der Waals surface area contributed by atoms with Crippen molar-refractivity contribution in [2.45, 2.75) is 13.0 Å². The Kier molecular flexibility index (Phi) is 4.97. The average molecular weight is 405 g/mol. The Morgan fingerprint density at radius 3 is 2.60 bits per heavy atom. The standard InChI is InChI=1S/C22H19N3O5/c1-13(22(26)24-18-9-8-15(25(27)28)12-21(18)29-2)23-14-7-10-20-17(11-14)16-5-3-4-6-19(16)30-20/h3-13,23H,1-2H3,(H,24,26)/t13-/m0/s1. The van der Waals surface area contributed by atoms with Gasteiger partial charge in [0, 0.05) is 22.5 Å². The number of amides is 1. The molecule has 0 saturated carbocycles. The van der Waals surface area contributed by atoms with Gasteiger partial charge in [-0.3, -0.25) is 14.9 Å². The van der Waals surface area contributed by atoms with Gasteiger partial charge in [0.1, 0.15) is 23.0 Å². The molecular formula is C22H19N3O5. The van der Waals surface area contributed by atoms with Gasteiger partial charge in [-0.2, -0.15) is 0 Å². The molecule has 152 valence electrons. The zero-order chi connectivity index (χ0) is 21.3. The quantitative estimate of drug-likeness (QED) is 0.347. The molecule has 0 aliphatic heterocycles. The molecular weight excluding hydrogens is 386 g/mol. The van der Waals surface area contributed by atoms with Crippen LogP contribution in [0.25, 0.3) is 21.9 Å². The maximum absolute atomic E-state index is 12.6. The molecule has 4 aromatic rings. The molecule has 1 atom stereocenters. The molecule has 0 saturated heterocycles. The van der Waals surface area contributed by atoms with Gasteiger partial charge in [0.15, 0.2) is 0 Å².